The zero-order chi connectivity index (χ0) is 18.7. The summed E-state index contributed by atoms with van der Waals surface area (Å²) in [6.07, 6.45) is 7.62. The van der Waals surface area contributed by atoms with Crippen molar-refractivity contribution in [3.63, 3.8) is 0 Å². The number of benzene rings is 2. The second kappa shape index (κ2) is 7.48. The summed E-state index contributed by atoms with van der Waals surface area (Å²) in [5.74, 6) is 0.875. The summed E-state index contributed by atoms with van der Waals surface area (Å²) in [5, 5.41) is 10.9. The molecule has 27 heavy (non-hydrogen) atoms. The van der Waals surface area contributed by atoms with E-state index in [9.17, 15) is 8.42 Å². The molecule has 0 saturated heterocycles. The highest BCUT2D eigenvalue weighted by Crippen LogP contribution is 2.33. The molecule has 1 aromatic heterocycles. The number of hydrogen-bond donors (Lipinski definition) is 0. The van der Waals surface area contributed by atoms with E-state index in [0.717, 1.165) is 0 Å². The zero-order valence-electron chi connectivity index (χ0n) is 14.7. The molecule has 0 spiro atoms. The van der Waals surface area contributed by atoms with E-state index in [1.807, 2.05) is 12.1 Å². The van der Waals surface area contributed by atoms with Gasteiger partial charge >= 0.3 is 10.1 Å². The van der Waals surface area contributed by atoms with Crippen LogP contribution in [0.25, 0.3) is 5.69 Å². The molecule has 0 N–H and O–H groups in total. The van der Waals surface area contributed by atoms with Crippen molar-refractivity contribution >= 4 is 10.1 Å². The molecular weight excluding hydrogens is 364 g/mol. The first-order chi connectivity index (χ1) is 13.1. The Labute approximate surface area is 158 Å². The van der Waals surface area contributed by atoms with Gasteiger partial charge in [-0.2, -0.15) is 8.42 Å². The quantitative estimate of drug-likeness (QED) is 0.626. The van der Waals surface area contributed by atoms with Crippen molar-refractivity contribution in [3.05, 3.63) is 60.4 Å². The van der Waals surface area contributed by atoms with E-state index in [0.29, 0.717) is 17.4 Å². The smallest absolute Gasteiger partial charge is 0.339 e. The van der Waals surface area contributed by atoms with Gasteiger partial charge in [-0.15, -0.1) is 5.10 Å². The molecule has 1 aliphatic rings. The van der Waals surface area contributed by atoms with Crippen molar-refractivity contribution in [2.24, 2.45) is 0 Å². The Morgan fingerprint density at radius 2 is 1.78 bits per heavy atom. The van der Waals surface area contributed by atoms with E-state index in [4.69, 9.17) is 4.18 Å². The first-order valence-electron chi connectivity index (χ1n) is 9.00. The minimum absolute atomic E-state index is 0.0480. The van der Waals surface area contributed by atoms with Gasteiger partial charge in [-0.1, -0.05) is 37.5 Å². The standard InChI is InChI=1S/C19H20N4O3S/c24-27(25,19-8-4-7-17(13-19)23-14-20-21-22-23)26-18-11-9-16(10-12-18)15-5-2-1-3-6-15/h4,7-15H,1-3,5-6H2. The van der Waals surface area contributed by atoms with Crippen molar-refractivity contribution < 1.29 is 12.6 Å². The van der Waals surface area contributed by atoms with Crippen LogP contribution in [0.3, 0.4) is 0 Å². The molecule has 1 aliphatic carbocycles. The van der Waals surface area contributed by atoms with E-state index in [1.165, 1.54) is 60.8 Å². The third-order valence-corrected chi connectivity index (χ3v) is 6.13. The number of nitrogens with zero attached hydrogens (tertiary/aromatic N) is 4. The molecule has 0 amide bonds. The lowest BCUT2D eigenvalue weighted by atomic mass is 9.84. The summed E-state index contributed by atoms with van der Waals surface area (Å²) < 4.78 is 32.0. The largest absolute Gasteiger partial charge is 0.379 e. The van der Waals surface area contributed by atoms with E-state index in [-0.39, 0.29) is 4.90 Å². The normalized spacial score (nSPS) is 15.6. The molecule has 0 aliphatic heterocycles. The Morgan fingerprint density at radius 3 is 2.48 bits per heavy atom. The summed E-state index contributed by atoms with van der Waals surface area (Å²) in [6, 6.07) is 13.7. The van der Waals surface area contributed by atoms with Gasteiger partial charge in [0.2, 0.25) is 0 Å². The maximum absolute atomic E-state index is 12.6. The van der Waals surface area contributed by atoms with E-state index >= 15 is 0 Å². The first-order valence-corrected chi connectivity index (χ1v) is 10.4. The SMILES string of the molecule is O=S(=O)(Oc1ccc(C2CCCCC2)cc1)c1cccc(-n2cnnn2)c1. The van der Waals surface area contributed by atoms with Crippen molar-refractivity contribution in [2.75, 3.05) is 0 Å². The van der Waals surface area contributed by atoms with E-state index in [1.54, 1.807) is 24.3 Å². The average Bonchev–Trinajstić information content (AvgIpc) is 3.24. The molecule has 0 radical (unpaired) electrons. The van der Waals surface area contributed by atoms with Crippen LogP contribution in [0.15, 0.2) is 59.8 Å². The van der Waals surface area contributed by atoms with Crippen molar-refractivity contribution in [2.45, 2.75) is 42.9 Å². The predicted molar refractivity (Wildman–Crippen MR) is 99.2 cm³/mol. The zero-order valence-corrected chi connectivity index (χ0v) is 15.5. The highest BCUT2D eigenvalue weighted by atomic mass is 32.2. The first kappa shape index (κ1) is 17.7. The molecular formula is C19H20N4O3S. The predicted octanol–water partition coefficient (Wildman–Crippen LogP) is 3.48. The van der Waals surface area contributed by atoms with Crippen molar-refractivity contribution in [3.8, 4) is 11.4 Å². The Kier molecular flexibility index (Phi) is 4.89. The van der Waals surface area contributed by atoms with Gasteiger partial charge in [0, 0.05) is 0 Å². The molecule has 8 heteroatoms. The number of rotatable bonds is 5. The Bertz CT molecular complexity index is 996. The van der Waals surface area contributed by atoms with Gasteiger partial charge in [-0.05, 0) is 65.1 Å². The summed E-state index contributed by atoms with van der Waals surface area (Å²) in [5.41, 5.74) is 1.79. The lowest BCUT2D eigenvalue weighted by Gasteiger charge is -2.22. The summed E-state index contributed by atoms with van der Waals surface area (Å²) in [7, 11) is -3.95. The molecule has 3 aromatic rings. The summed E-state index contributed by atoms with van der Waals surface area (Å²) in [6.45, 7) is 0. The van der Waals surface area contributed by atoms with Crippen molar-refractivity contribution in [1.82, 2.24) is 20.2 Å². The highest BCUT2D eigenvalue weighted by Gasteiger charge is 2.19. The molecule has 1 fully saturated rings. The average molecular weight is 384 g/mol. The number of hydrogen-bond acceptors (Lipinski definition) is 6. The fraction of sp³-hybridized carbons (Fsp3) is 0.316. The van der Waals surface area contributed by atoms with Gasteiger partial charge in [-0.3, -0.25) is 0 Å². The van der Waals surface area contributed by atoms with Crippen LogP contribution in [-0.4, -0.2) is 28.6 Å². The fourth-order valence-corrected chi connectivity index (χ4v) is 4.44. The minimum Gasteiger partial charge on any atom is -0.379 e. The Morgan fingerprint density at radius 1 is 1.00 bits per heavy atom. The fourth-order valence-electron chi connectivity index (χ4n) is 3.47. The maximum atomic E-state index is 12.6. The number of tetrazole rings is 1. The van der Waals surface area contributed by atoms with Crippen LogP contribution >= 0.6 is 0 Å². The Hall–Kier alpha value is -2.74. The van der Waals surface area contributed by atoms with Crippen LogP contribution in [-0.2, 0) is 10.1 Å². The van der Waals surface area contributed by atoms with Gasteiger partial charge < -0.3 is 4.18 Å². The van der Waals surface area contributed by atoms with Gasteiger partial charge in [0.05, 0.1) is 5.69 Å². The van der Waals surface area contributed by atoms with Crippen LogP contribution < -0.4 is 4.18 Å². The van der Waals surface area contributed by atoms with Gasteiger partial charge in [0.25, 0.3) is 0 Å². The van der Waals surface area contributed by atoms with Crippen LogP contribution in [0, 0.1) is 0 Å². The molecule has 140 valence electrons. The number of aromatic nitrogens is 4. The molecule has 0 bridgehead atoms. The van der Waals surface area contributed by atoms with Crippen LogP contribution in [0.2, 0.25) is 0 Å². The van der Waals surface area contributed by atoms with Gasteiger partial charge in [0.1, 0.15) is 17.0 Å². The molecule has 7 nitrogen and oxygen atoms in total. The third-order valence-electron chi connectivity index (χ3n) is 4.88. The monoisotopic (exact) mass is 384 g/mol. The maximum Gasteiger partial charge on any atom is 0.339 e. The van der Waals surface area contributed by atoms with Crippen LogP contribution in [0.4, 0.5) is 0 Å². The summed E-state index contributed by atoms with van der Waals surface area (Å²) >= 11 is 0. The van der Waals surface area contributed by atoms with Crippen LogP contribution in [0.5, 0.6) is 5.75 Å². The van der Waals surface area contributed by atoms with E-state index in [2.05, 4.69) is 15.5 Å². The lowest BCUT2D eigenvalue weighted by Crippen LogP contribution is -2.11. The Balaban J connectivity index is 1.52. The second-order valence-corrected chi connectivity index (χ2v) is 8.24. The molecule has 1 saturated carbocycles. The second-order valence-electron chi connectivity index (χ2n) is 6.69. The van der Waals surface area contributed by atoms with Crippen molar-refractivity contribution in [1.29, 1.82) is 0 Å². The topological polar surface area (TPSA) is 87.0 Å². The lowest BCUT2D eigenvalue weighted by molar-refractivity contribution is 0.443. The highest BCUT2D eigenvalue weighted by molar-refractivity contribution is 7.87. The summed E-state index contributed by atoms with van der Waals surface area (Å²) in [4.78, 5) is 0.0480. The van der Waals surface area contributed by atoms with E-state index < -0.39 is 10.1 Å². The molecule has 2 aromatic carbocycles. The molecule has 1 heterocycles. The van der Waals surface area contributed by atoms with Gasteiger partial charge in [0.15, 0.2) is 0 Å². The minimum atomic E-state index is -3.95. The molecule has 0 unspecified atom stereocenters. The molecule has 0 atom stereocenters. The molecule has 4 rings (SSSR count). The third kappa shape index (κ3) is 4.00. The van der Waals surface area contributed by atoms with Gasteiger partial charge in [-0.25, -0.2) is 4.68 Å². The van der Waals surface area contributed by atoms with Crippen LogP contribution in [0.1, 0.15) is 43.6 Å².